The first kappa shape index (κ1) is 31.6. The van der Waals surface area contributed by atoms with Crippen LogP contribution in [-0.2, 0) is 14.3 Å². The number of carboxylic acid groups (broad SMARTS) is 1. The number of anilines is 2. The van der Waals surface area contributed by atoms with Crippen LogP contribution in [0, 0.1) is 11.8 Å². The van der Waals surface area contributed by atoms with Gasteiger partial charge in [-0.25, -0.2) is 33.5 Å². The van der Waals surface area contributed by atoms with E-state index in [1.165, 1.54) is 11.3 Å². The molecule has 1 saturated carbocycles. The van der Waals surface area contributed by atoms with E-state index in [2.05, 4.69) is 38.6 Å². The topological polar surface area (TPSA) is 149 Å². The number of benzene rings is 1. The van der Waals surface area contributed by atoms with Crippen LogP contribution in [0.4, 0.5) is 20.3 Å². The quantitative estimate of drug-likeness (QED) is 0.226. The van der Waals surface area contributed by atoms with Gasteiger partial charge in [-0.15, -0.1) is 0 Å². The molecule has 3 aliphatic heterocycles. The van der Waals surface area contributed by atoms with E-state index in [0.717, 1.165) is 18.6 Å². The highest BCUT2D eigenvalue weighted by Crippen LogP contribution is 2.42. The van der Waals surface area contributed by atoms with Crippen molar-refractivity contribution >= 4 is 39.5 Å². The monoisotopic (exact) mass is 698 g/mol. The maximum absolute atomic E-state index is 14.1. The molecular weight excluding hydrogens is 666 g/mol. The summed E-state index contributed by atoms with van der Waals surface area (Å²) in [5.41, 5.74) is 2.15. The lowest BCUT2D eigenvalue weighted by atomic mass is 9.90. The molecule has 4 aliphatic rings. The fraction of sp³-hybridized carbons (Fsp3) is 0.417. The fourth-order valence-electron chi connectivity index (χ4n) is 7.22. The molecule has 4 aromatic heterocycles. The first-order valence-electron chi connectivity index (χ1n) is 16.9. The van der Waals surface area contributed by atoms with Crippen LogP contribution in [0.15, 0.2) is 51.8 Å². The van der Waals surface area contributed by atoms with Crippen molar-refractivity contribution in [3.05, 3.63) is 65.8 Å². The Morgan fingerprint density at radius 2 is 1.98 bits per heavy atom. The van der Waals surface area contributed by atoms with Gasteiger partial charge in [0.25, 0.3) is 6.43 Å². The molecule has 51 heavy (non-hydrogen) atoms. The maximum atomic E-state index is 14.1. The molecule has 0 bridgehead atoms. The smallest absolute Gasteiger partial charge is 0.326 e. The predicted molar refractivity (Wildman–Crippen MR) is 177 cm³/mol. The Hall–Kier alpha value is -5.33. The Morgan fingerprint density at radius 3 is 2.75 bits per heavy atom. The number of ether oxygens (including phenoxy) is 3. The van der Waals surface area contributed by atoms with Crippen molar-refractivity contribution in [3.8, 4) is 17.7 Å². The van der Waals surface area contributed by atoms with E-state index in [0.29, 0.717) is 60.2 Å². The molecular formula is C36H32F2N6O7. The molecule has 15 heteroatoms. The molecule has 1 N–H and O–H groups in total. The summed E-state index contributed by atoms with van der Waals surface area (Å²) in [5.74, 6) is 5.84. The summed E-state index contributed by atoms with van der Waals surface area (Å²) in [6, 6.07) is 7.55. The van der Waals surface area contributed by atoms with Crippen molar-refractivity contribution in [2.45, 2.75) is 62.3 Å². The summed E-state index contributed by atoms with van der Waals surface area (Å²) in [5, 5.41) is 10.9. The second kappa shape index (κ2) is 12.2. The number of oxazole rings is 1. The van der Waals surface area contributed by atoms with Crippen LogP contribution in [0.3, 0.4) is 0 Å². The number of fused-ring (bicyclic) bond motifs is 3. The fourth-order valence-corrected chi connectivity index (χ4v) is 7.22. The molecule has 1 spiro atoms. The van der Waals surface area contributed by atoms with Gasteiger partial charge < -0.3 is 38.0 Å². The lowest BCUT2D eigenvalue weighted by Crippen LogP contribution is -2.68. The third kappa shape index (κ3) is 5.49. The van der Waals surface area contributed by atoms with Gasteiger partial charge in [0.15, 0.2) is 29.3 Å². The molecule has 3 saturated heterocycles. The number of para-hydroxylation sites is 1. The van der Waals surface area contributed by atoms with Crippen LogP contribution in [0.1, 0.15) is 61.4 Å². The number of furan rings is 1. The molecule has 7 heterocycles. The van der Waals surface area contributed by atoms with E-state index in [1.54, 1.807) is 30.5 Å². The zero-order valence-corrected chi connectivity index (χ0v) is 27.4. The Kier molecular flexibility index (Phi) is 7.55. The van der Waals surface area contributed by atoms with Gasteiger partial charge in [-0.2, -0.15) is 0 Å². The van der Waals surface area contributed by atoms with Gasteiger partial charge in [0.1, 0.15) is 40.3 Å². The zero-order valence-electron chi connectivity index (χ0n) is 27.4. The number of hydrogen-bond donors (Lipinski definition) is 1. The summed E-state index contributed by atoms with van der Waals surface area (Å²) < 4.78 is 58.1. The Balaban J connectivity index is 1.07. The number of carboxylic acids is 1. The third-order valence-electron chi connectivity index (χ3n) is 10.2. The predicted octanol–water partition coefficient (Wildman–Crippen LogP) is 5.08. The summed E-state index contributed by atoms with van der Waals surface area (Å²) in [6.07, 6.45) is 1.46. The van der Waals surface area contributed by atoms with Crippen molar-refractivity contribution in [2.75, 3.05) is 42.7 Å². The molecule has 0 unspecified atom stereocenters. The van der Waals surface area contributed by atoms with Crippen molar-refractivity contribution in [2.24, 2.45) is 0 Å². The number of rotatable bonds is 7. The number of nitrogens with zero attached hydrogens (tertiary/aromatic N) is 6. The van der Waals surface area contributed by atoms with Crippen LogP contribution < -0.4 is 14.5 Å². The first-order valence-corrected chi connectivity index (χ1v) is 16.9. The molecule has 0 amide bonds. The molecule has 3 atom stereocenters. The zero-order chi connectivity index (χ0) is 34.9. The normalized spacial score (nSPS) is 22.8. The van der Waals surface area contributed by atoms with Crippen molar-refractivity contribution in [1.82, 2.24) is 19.9 Å². The molecule has 262 valence electrons. The lowest BCUT2D eigenvalue weighted by Gasteiger charge is -2.53. The Bertz CT molecular complexity index is 2220. The van der Waals surface area contributed by atoms with Crippen molar-refractivity contribution in [1.29, 1.82) is 0 Å². The SMILES string of the molecule is C[C@@H]1N(c2cc(C#Cc3ncoc3C3CC3)cnc2O[C@H]2C[C@@H](C(=O)O)N(c3nc(C(F)F)nc4c3oc3ccccc34)C2)CCOC12COC2. The standard InChI is InChI=1S/C36H32F2N6O7/c1-19-36(16-47-17-36)49-11-10-43(19)25-12-20(6-9-24-29(21-7-8-21)48-18-40-24)14-39-34(25)50-22-13-26(35(45)46)44(15-22)33-30-28(41-32(42-33)31(37)38)23-4-2-3-5-27(23)51-30/h2-5,12,14,18-19,21-22,26,31H,7-8,10-11,13,15-17H2,1H3,(H,45,46)/t19-,22-,26-/m0/s1. The van der Waals surface area contributed by atoms with E-state index in [4.69, 9.17) is 28.0 Å². The number of pyridine rings is 1. The summed E-state index contributed by atoms with van der Waals surface area (Å²) in [7, 11) is 0. The molecule has 1 aliphatic carbocycles. The van der Waals surface area contributed by atoms with Crippen LogP contribution in [0.2, 0.25) is 0 Å². The third-order valence-corrected chi connectivity index (χ3v) is 10.2. The number of aliphatic carboxylic acids is 1. The number of alkyl halides is 2. The minimum absolute atomic E-state index is 0.0119. The van der Waals surface area contributed by atoms with Gasteiger partial charge in [0.2, 0.25) is 5.88 Å². The van der Waals surface area contributed by atoms with Gasteiger partial charge in [-0.1, -0.05) is 18.1 Å². The van der Waals surface area contributed by atoms with Crippen molar-refractivity contribution in [3.63, 3.8) is 0 Å². The van der Waals surface area contributed by atoms with Gasteiger partial charge in [-0.05, 0) is 43.9 Å². The summed E-state index contributed by atoms with van der Waals surface area (Å²) >= 11 is 0. The Morgan fingerprint density at radius 1 is 1.14 bits per heavy atom. The molecule has 5 aromatic rings. The summed E-state index contributed by atoms with van der Waals surface area (Å²) in [6.45, 7) is 3.99. The lowest BCUT2D eigenvalue weighted by molar-refractivity contribution is -0.228. The van der Waals surface area contributed by atoms with Gasteiger partial charge in [-0.3, -0.25) is 0 Å². The summed E-state index contributed by atoms with van der Waals surface area (Å²) in [4.78, 5) is 33.5. The number of aromatic nitrogens is 4. The number of halogens is 2. The number of hydrogen-bond acceptors (Lipinski definition) is 12. The largest absolute Gasteiger partial charge is 0.480 e. The van der Waals surface area contributed by atoms with Crippen LogP contribution >= 0.6 is 0 Å². The van der Waals surface area contributed by atoms with Gasteiger partial charge in [0.05, 0.1) is 32.4 Å². The van der Waals surface area contributed by atoms with E-state index in [1.807, 2.05) is 6.07 Å². The Labute approximate surface area is 289 Å². The average molecular weight is 699 g/mol. The second-order valence-corrected chi connectivity index (χ2v) is 13.4. The first-order chi connectivity index (χ1) is 24.8. The molecule has 9 rings (SSSR count). The van der Waals surface area contributed by atoms with Gasteiger partial charge in [0, 0.05) is 36.0 Å². The minimum atomic E-state index is -2.99. The average Bonchev–Trinajstić information content (AvgIpc) is 3.50. The maximum Gasteiger partial charge on any atom is 0.326 e. The van der Waals surface area contributed by atoms with E-state index in [9.17, 15) is 18.7 Å². The molecule has 0 radical (unpaired) electrons. The van der Waals surface area contributed by atoms with E-state index >= 15 is 0 Å². The number of carbonyl (C=O) groups is 1. The minimum Gasteiger partial charge on any atom is -0.480 e. The molecule has 1 aromatic carbocycles. The van der Waals surface area contributed by atoms with E-state index in [-0.39, 0.29) is 41.8 Å². The highest BCUT2D eigenvalue weighted by Gasteiger charge is 2.50. The molecule has 13 nitrogen and oxygen atoms in total. The molecule has 4 fully saturated rings. The van der Waals surface area contributed by atoms with Crippen LogP contribution in [-0.4, -0.2) is 87.7 Å². The number of morpholine rings is 1. The van der Waals surface area contributed by atoms with E-state index < -0.39 is 36.0 Å². The van der Waals surface area contributed by atoms with Crippen molar-refractivity contribution < 1.29 is 41.7 Å². The highest BCUT2D eigenvalue weighted by atomic mass is 19.3. The van der Waals surface area contributed by atoms with Crippen LogP contribution in [0.5, 0.6) is 5.88 Å². The van der Waals surface area contributed by atoms with Crippen LogP contribution in [0.25, 0.3) is 22.1 Å². The second-order valence-electron chi connectivity index (χ2n) is 13.4. The van der Waals surface area contributed by atoms with Gasteiger partial charge >= 0.3 is 5.97 Å². The highest BCUT2D eigenvalue weighted by molar-refractivity contribution is 6.06.